The Bertz CT molecular complexity index is 1060. The van der Waals surface area contributed by atoms with E-state index in [9.17, 15) is 4.79 Å². The third kappa shape index (κ3) is 4.83. The molecular formula is C27H34N2O3. The molecule has 2 heterocycles. The number of likely N-dealkylation sites (tertiary alicyclic amines) is 1. The maximum absolute atomic E-state index is 13.2. The summed E-state index contributed by atoms with van der Waals surface area (Å²) in [4.78, 5) is 15.7. The van der Waals surface area contributed by atoms with Gasteiger partial charge >= 0.3 is 0 Å². The molecule has 170 valence electrons. The van der Waals surface area contributed by atoms with Gasteiger partial charge < -0.3 is 19.8 Å². The van der Waals surface area contributed by atoms with Gasteiger partial charge in [0.25, 0.3) is 0 Å². The van der Waals surface area contributed by atoms with Gasteiger partial charge in [0.05, 0.1) is 6.61 Å². The maximum Gasteiger partial charge on any atom is 0.195 e. The number of anilines is 1. The summed E-state index contributed by atoms with van der Waals surface area (Å²) in [7, 11) is 0. The number of ketones is 1. The molecule has 0 amide bonds. The van der Waals surface area contributed by atoms with Crippen molar-refractivity contribution in [3.8, 4) is 5.75 Å². The number of piperidine rings is 1. The monoisotopic (exact) mass is 434 g/mol. The molecule has 0 bridgehead atoms. The van der Waals surface area contributed by atoms with E-state index in [-0.39, 0.29) is 5.78 Å². The van der Waals surface area contributed by atoms with Crippen molar-refractivity contribution in [3.05, 3.63) is 59.2 Å². The van der Waals surface area contributed by atoms with Crippen molar-refractivity contribution >= 4 is 22.6 Å². The number of nitrogens with zero attached hydrogens (tertiary/aromatic N) is 1. The zero-order valence-corrected chi connectivity index (χ0v) is 19.2. The SMILES string of the molecule is CCCCCN1CCC(c2c(N)oc3ccc(C(=O)c4cccc(OCC)c4)cc23)CC1. The van der Waals surface area contributed by atoms with E-state index in [2.05, 4.69) is 11.8 Å². The zero-order valence-electron chi connectivity index (χ0n) is 19.2. The normalized spacial score (nSPS) is 15.3. The van der Waals surface area contributed by atoms with E-state index >= 15 is 0 Å². The van der Waals surface area contributed by atoms with Crippen LogP contribution >= 0.6 is 0 Å². The lowest BCUT2D eigenvalue weighted by Gasteiger charge is -2.32. The second-order valence-electron chi connectivity index (χ2n) is 8.70. The Morgan fingerprint density at radius 1 is 1.09 bits per heavy atom. The van der Waals surface area contributed by atoms with Crippen molar-refractivity contribution in [2.75, 3.05) is 32.0 Å². The smallest absolute Gasteiger partial charge is 0.195 e. The molecule has 1 aliphatic heterocycles. The molecule has 5 heteroatoms. The van der Waals surface area contributed by atoms with Crippen molar-refractivity contribution in [3.63, 3.8) is 0 Å². The van der Waals surface area contributed by atoms with Gasteiger partial charge in [-0.15, -0.1) is 0 Å². The van der Waals surface area contributed by atoms with Crippen LogP contribution in [0.5, 0.6) is 5.75 Å². The first kappa shape index (κ1) is 22.4. The Morgan fingerprint density at radius 2 is 1.88 bits per heavy atom. The molecule has 32 heavy (non-hydrogen) atoms. The lowest BCUT2D eigenvalue weighted by atomic mass is 9.87. The Labute approximate surface area is 190 Å². The van der Waals surface area contributed by atoms with Gasteiger partial charge in [-0.3, -0.25) is 4.79 Å². The number of carbonyl (C=O) groups excluding carboxylic acids is 1. The fourth-order valence-electron chi connectivity index (χ4n) is 4.79. The number of ether oxygens (including phenoxy) is 1. The summed E-state index contributed by atoms with van der Waals surface area (Å²) in [5, 5.41) is 0.971. The van der Waals surface area contributed by atoms with E-state index in [1.165, 1.54) is 25.8 Å². The Kier molecular flexibility index (Phi) is 7.15. The largest absolute Gasteiger partial charge is 0.494 e. The molecule has 4 rings (SSSR count). The summed E-state index contributed by atoms with van der Waals surface area (Å²) in [5.41, 5.74) is 9.42. The molecule has 2 N–H and O–H groups in total. The first-order valence-electron chi connectivity index (χ1n) is 11.9. The maximum atomic E-state index is 13.2. The molecule has 5 nitrogen and oxygen atoms in total. The van der Waals surface area contributed by atoms with E-state index in [1.54, 1.807) is 6.07 Å². The highest BCUT2D eigenvalue weighted by Crippen LogP contribution is 2.39. The van der Waals surface area contributed by atoms with E-state index < -0.39 is 0 Å². The number of unbranched alkanes of at least 4 members (excludes halogenated alkanes) is 2. The van der Waals surface area contributed by atoms with Crippen LogP contribution in [0, 0.1) is 0 Å². The topological polar surface area (TPSA) is 68.7 Å². The van der Waals surface area contributed by atoms with E-state index in [1.807, 2.05) is 43.3 Å². The molecule has 2 aromatic carbocycles. The fraction of sp³-hybridized carbons (Fsp3) is 0.444. The van der Waals surface area contributed by atoms with Crippen LogP contribution in [0.15, 0.2) is 46.9 Å². The van der Waals surface area contributed by atoms with Gasteiger partial charge in [0.15, 0.2) is 11.7 Å². The number of rotatable bonds is 9. The van der Waals surface area contributed by atoms with Crippen LogP contribution in [0.3, 0.4) is 0 Å². The highest BCUT2D eigenvalue weighted by Gasteiger charge is 2.26. The van der Waals surface area contributed by atoms with Gasteiger partial charge in [0.1, 0.15) is 11.3 Å². The molecule has 1 saturated heterocycles. The summed E-state index contributed by atoms with van der Waals surface area (Å²) >= 11 is 0. The highest BCUT2D eigenvalue weighted by molar-refractivity contribution is 6.11. The Hall–Kier alpha value is -2.79. The van der Waals surface area contributed by atoms with Crippen molar-refractivity contribution in [2.45, 2.75) is 51.9 Å². The van der Waals surface area contributed by atoms with Crippen molar-refractivity contribution in [2.24, 2.45) is 0 Å². The van der Waals surface area contributed by atoms with E-state index in [0.717, 1.165) is 42.5 Å². The number of nitrogens with two attached hydrogens (primary N) is 1. The van der Waals surface area contributed by atoms with Crippen LogP contribution in [-0.2, 0) is 0 Å². The summed E-state index contributed by atoms with van der Waals surface area (Å²) in [6, 6.07) is 13.0. The first-order valence-corrected chi connectivity index (χ1v) is 11.9. The molecule has 0 aliphatic carbocycles. The summed E-state index contributed by atoms with van der Waals surface area (Å²) in [6.07, 6.45) is 5.96. The lowest BCUT2D eigenvalue weighted by Crippen LogP contribution is -2.33. The number of hydrogen-bond donors (Lipinski definition) is 1. The molecule has 1 aliphatic rings. The minimum atomic E-state index is -0.0232. The van der Waals surface area contributed by atoms with Crippen LogP contribution in [0.1, 0.15) is 73.4 Å². The molecule has 0 saturated carbocycles. The molecule has 0 atom stereocenters. The Balaban J connectivity index is 1.55. The molecule has 0 radical (unpaired) electrons. The van der Waals surface area contributed by atoms with Crippen LogP contribution in [-0.4, -0.2) is 36.9 Å². The van der Waals surface area contributed by atoms with Gasteiger partial charge in [0, 0.05) is 22.1 Å². The number of fused-ring (bicyclic) bond motifs is 1. The molecule has 0 unspecified atom stereocenters. The summed E-state index contributed by atoms with van der Waals surface area (Å²) < 4.78 is 11.4. The van der Waals surface area contributed by atoms with E-state index in [4.69, 9.17) is 14.9 Å². The molecule has 3 aromatic rings. The first-order chi connectivity index (χ1) is 15.6. The summed E-state index contributed by atoms with van der Waals surface area (Å²) in [6.45, 7) is 8.10. The standard InChI is InChI=1S/C27H34N2O3/c1-3-5-6-14-29-15-12-19(13-16-29)25-23-18-21(10-11-24(23)32-27(25)28)26(30)20-8-7-9-22(17-20)31-4-2/h7-11,17-19H,3-6,12-16,28H2,1-2H3. The summed E-state index contributed by atoms with van der Waals surface area (Å²) in [5.74, 6) is 1.54. The van der Waals surface area contributed by atoms with Crippen LogP contribution in [0.2, 0.25) is 0 Å². The third-order valence-electron chi connectivity index (χ3n) is 6.50. The van der Waals surface area contributed by atoms with Gasteiger partial charge in [-0.05, 0) is 82.1 Å². The number of furan rings is 1. The minimum Gasteiger partial charge on any atom is -0.494 e. The van der Waals surface area contributed by atoms with E-state index in [0.29, 0.717) is 35.3 Å². The van der Waals surface area contributed by atoms with Gasteiger partial charge in [-0.1, -0.05) is 31.9 Å². The number of benzene rings is 2. The average molecular weight is 435 g/mol. The van der Waals surface area contributed by atoms with Gasteiger partial charge in [-0.2, -0.15) is 0 Å². The second kappa shape index (κ2) is 10.2. The molecule has 0 spiro atoms. The van der Waals surface area contributed by atoms with Crippen LogP contribution < -0.4 is 10.5 Å². The number of nitrogen functional groups attached to an aromatic ring is 1. The quantitative estimate of drug-likeness (QED) is 0.330. The predicted molar refractivity (Wildman–Crippen MR) is 130 cm³/mol. The highest BCUT2D eigenvalue weighted by atomic mass is 16.5. The minimum absolute atomic E-state index is 0.0232. The predicted octanol–water partition coefficient (Wildman–Crippen LogP) is 6.01. The zero-order chi connectivity index (χ0) is 22.5. The number of hydrogen-bond acceptors (Lipinski definition) is 5. The van der Waals surface area contributed by atoms with Gasteiger partial charge in [0.2, 0.25) is 0 Å². The van der Waals surface area contributed by atoms with Crippen LogP contribution in [0.25, 0.3) is 11.0 Å². The van der Waals surface area contributed by atoms with Gasteiger partial charge in [-0.25, -0.2) is 0 Å². The Morgan fingerprint density at radius 3 is 2.62 bits per heavy atom. The van der Waals surface area contributed by atoms with Crippen molar-refractivity contribution < 1.29 is 13.9 Å². The molecule has 1 fully saturated rings. The molecule has 1 aromatic heterocycles. The third-order valence-corrected chi connectivity index (χ3v) is 6.50. The lowest BCUT2D eigenvalue weighted by molar-refractivity contribution is 0.103. The number of carbonyl (C=O) groups is 1. The van der Waals surface area contributed by atoms with Crippen molar-refractivity contribution in [1.29, 1.82) is 0 Å². The fourth-order valence-corrected chi connectivity index (χ4v) is 4.79. The van der Waals surface area contributed by atoms with Crippen LogP contribution in [0.4, 0.5) is 5.88 Å². The molecular weight excluding hydrogens is 400 g/mol. The average Bonchev–Trinajstić information content (AvgIpc) is 3.14. The van der Waals surface area contributed by atoms with Crippen molar-refractivity contribution in [1.82, 2.24) is 4.90 Å². The second-order valence-corrected chi connectivity index (χ2v) is 8.70.